The molecule has 4 unspecified atom stereocenters. The lowest BCUT2D eigenvalue weighted by molar-refractivity contribution is -0.432. The van der Waals surface area contributed by atoms with Crippen molar-refractivity contribution in [3.63, 3.8) is 0 Å². The van der Waals surface area contributed by atoms with E-state index in [1.807, 2.05) is 0 Å². The van der Waals surface area contributed by atoms with E-state index < -0.39 is 5.79 Å². The Bertz CT molecular complexity index is 366. The number of alkyl halides is 1. The van der Waals surface area contributed by atoms with Gasteiger partial charge in [-0.25, -0.2) is 10.1 Å². The molecule has 1 aliphatic carbocycles. The molecular weight excluding hydrogens is 280 g/mol. The summed E-state index contributed by atoms with van der Waals surface area (Å²) in [4.78, 5) is 4.61. The second-order valence-corrected chi connectivity index (χ2v) is 7.49. The fourth-order valence-electron chi connectivity index (χ4n) is 4.50. The summed E-state index contributed by atoms with van der Waals surface area (Å²) in [6.45, 7) is 6.27. The monoisotopic (exact) mass is 304 g/mol. The highest BCUT2D eigenvalue weighted by Crippen LogP contribution is 2.53. The Morgan fingerprint density at radius 3 is 2.65 bits per heavy atom. The molecule has 0 amide bonds. The molecule has 0 aromatic rings. The van der Waals surface area contributed by atoms with Gasteiger partial charge in [0.05, 0.1) is 0 Å². The van der Waals surface area contributed by atoms with Crippen molar-refractivity contribution < 1.29 is 19.6 Å². The Morgan fingerprint density at radius 1 is 1.20 bits per heavy atom. The molecule has 0 bridgehead atoms. The second kappa shape index (κ2) is 5.40. The number of halogens is 1. The Hall–Kier alpha value is 0.130. The van der Waals surface area contributed by atoms with Gasteiger partial charge in [0.15, 0.2) is 6.29 Å². The van der Waals surface area contributed by atoms with Gasteiger partial charge in [0, 0.05) is 12.3 Å². The highest BCUT2D eigenvalue weighted by atomic mass is 35.5. The summed E-state index contributed by atoms with van der Waals surface area (Å²) in [7, 11) is 0. The zero-order valence-electron chi connectivity index (χ0n) is 12.4. The average molecular weight is 305 g/mol. The first-order valence-electron chi connectivity index (χ1n) is 7.75. The van der Waals surface area contributed by atoms with Crippen LogP contribution in [0.15, 0.2) is 0 Å². The molecule has 3 aliphatic rings. The molecule has 3 rings (SSSR count). The van der Waals surface area contributed by atoms with Gasteiger partial charge < -0.3 is 9.47 Å². The molecule has 0 radical (unpaired) electrons. The summed E-state index contributed by atoms with van der Waals surface area (Å²) >= 11 is 6.35. The first kappa shape index (κ1) is 15.0. The minimum Gasteiger partial charge on any atom is -0.333 e. The number of hydrogen-bond donors (Lipinski definition) is 1. The van der Waals surface area contributed by atoms with Gasteiger partial charge in [-0.2, -0.15) is 0 Å². The Balaban J connectivity index is 1.92. The van der Waals surface area contributed by atoms with Crippen LogP contribution in [0.1, 0.15) is 46.5 Å². The standard InChI is InChI=1S/C15H25ClO4/c1-8-4-5-11-9(2)13(16)18-14-12(11)10(8)6-7-15(3,19-14)20-17/h8-14,17H,4-7H2,1-3H3/t8-,9-,10?,11?,12?,13?,14-,15+/m1/s1. The maximum atomic E-state index is 9.18. The summed E-state index contributed by atoms with van der Waals surface area (Å²) < 4.78 is 11.9. The normalized spacial score (nSPS) is 56.0. The molecular formula is C15H25ClO4. The lowest BCUT2D eigenvalue weighted by atomic mass is 9.61. The van der Waals surface area contributed by atoms with Crippen molar-refractivity contribution in [3.8, 4) is 0 Å². The zero-order chi connectivity index (χ0) is 14.5. The topological polar surface area (TPSA) is 47.9 Å². The SMILES string of the molecule is C[C@H]1C(Cl)O[C@@H]2O[C@@](C)(OO)CCC3C2C1CC[C@H]3C. The van der Waals surface area contributed by atoms with Crippen molar-refractivity contribution in [2.24, 2.45) is 29.6 Å². The van der Waals surface area contributed by atoms with E-state index in [9.17, 15) is 5.26 Å². The van der Waals surface area contributed by atoms with E-state index in [0.717, 1.165) is 6.42 Å². The van der Waals surface area contributed by atoms with E-state index in [1.54, 1.807) is 6.92 Å². The first-order chi connectivity index (χ1) is 9.45. The molecule has 8 atom stereocenters. The van der Waals surface area contributed by atoms with Crippen molar-refractivity contribution in [2.45, 2.75) is 64.1 Å². The average Bonchev–Trinajstić information content (AvgIpc) is 2.57. The molecule has 2 aliphatic heterocycles. The lowest BCUT2D eigenvalue weighted by Gasteiger charge is -2.51. The lowest BCUT2D eigenvalue weighted by Crippen LogP contribution is -2.52. The van der Waals surface area contributed by atoms with Crippen LogP contribution in [0.4, 0.5) is 0 Å². The predicted octanol–water partition coefficient (Wildman–Crippen LogP) is 3.84. The van der Waals surface area contributed by atoms with Crippen LogP contribution < -0.4 is 0 Å². The molecule has 0 aromatic carbocycles. The molecule has 5 heteroatoms. The molecule has 116 valence electrons. The van der Waals surface area contributed by atoms with E-state index >= 15 is 0 Å². The molecule has 2 heterocycles. The van der Waals surface area contributed by atoms with Gasteiger partial charge in [-0.05, 0) is 43.4 Å². The Kier molecular flexibility index (Phi) is 4.06. The summed E-state index contributed by atoms with van der Waals surface area (Å²) in [6, 6.07) is 0. The highest BCUT2D eigenvalue weighted by Gasteiger charge is 2.54. The van der Waals surface area contributed by atoms with E-state index in [1.165, 1.54) is 12.8 Å². The summed E-state index contributed by atoms with van der Waals surface area (Å²) in [5.41, 5.74) is -0.323. The van der Waals surface area contributed by atoms with E-state index in [-0.39, 0.29) is 11.9 Å². The number of hydrogen-bond acceptors (Lipinski definition) is 4. The first-order valence-corrected chi connectivity index (χ1v) is 8.19. The number of ether oxygens (including phenoxy) is 2. The van der Waals surface area contributed by atoms with Crippen LogP contribution >= 0.6 is 11.6 Å². The predicted molar refractivity (Wildman–Crippen MR) is 75.0 cm³/mol. The van der Waals surface area contributed by atoms with Crippen LogP contribution in [-0.2, 0) is 14.4 Å². The van der Waals surface area contributed by atoms with E-state index in [0.29, 0.717) is 36.0 Å². The highest BCUT2D eigenvalue weighted by molar-refractivity contribution is 6.19. The molecule has 3 fully saturated rings. The Morgan fingerprint density at radius 2 is 1.95 bits per heavy atom. The van der Waals surface area contributed by atoms with Gasteiger partial charge in [0.2, 0.25) is 5.79 Å². The summed E-state index contributed by atoms with van der Waals surface area (Å²) in [6.07, 6.45) is 3.74. The third-order valence-electron chi connectivity index (χ3n) is 5.83. The van der Waals surface area contributed by atoms with Gasteiger partial charge in [0.1, 0.15) is 5.56 Å². The largest absolute Gasteiger partial charge is 0.333 e. The van der Waals surface area contributed by atoms with Gasteiger partial charge in [-0.3, -0.25) is 0 Å². The van der Waals surface area contributed by atoms with Gasteiger partial charge in [-0.1, -0.05) is 31.9 Å². The molecule has 20 heavy (non-hydrogen) atoms. The molecule has 2 saturated heterocycles. The van der Waals surface area contributed by atoms with Crippen LogP contribution in [0.3, 0.4) is 0 Å². The zero-order valence-corrected chi connectivity index (χ0v) is 13.2. The van der Waals surface area contributed by atoms with Crippen molar-refractivity contribution >= 4 is 11.6 Å². The molecule has 4 nitrogen and oxygen atoms in total. The van der Waals surface area contributed by atoms with Gasteiger partial charge >= 0.3 is 0 Å². The third kappa shape index (κ3) is 2.40. The van der Waals surface area contributed by atoms with Crippen molar-refractivity contribution in [1.82, 2.24) is 0 Å². The van der Waals surface area contributed by atoms with E-state index in [4.69, 9.17) is 21.1 Å². The smallest absolute Gasteiger partial charge is 0.201 e. The van der Waals surface area contributed by atoms with Crippen LogP contribution in [0, 0.1) is 29.6 Å². The van der Waals surface area contributed by atoms with Crippen LogP contribution in [0.25, 0.3) is 0 Å². The van der Waals surface area contributed by atoms with Crippen LogP contribution in [0.2, 0.25) is 0 Å². The van der Waals surface area contributed by atoms with Crippen molar-refractivity contribution in [1.29, 1.82) is 0 Å². The number of rotatable bonds is 1. The van der Waals surface area contributed by atoms with Crippen molar-refractivity contribution in [3.05, 3.63) is 0 Å². The minimum atomic E-state index is -0.983. The summed E-state index contributed by atoms with van der Waals surface area (Å²) in [5.74, 6) is 1.48. The van der Waals surface area contributed by atoms with Gasteiger partial charge in [0.25, 0.3) is 0 Å². The fourth-order valence-corrected chi connectivity index (χ4v) is 4.79. The quantitative estimate of drug-likeness (QED) is 0.454. The third-order valence-corrected chi connectivity index (χ3v) is 6.33. The van der Waals surface area contributed by atoms with Crippen LogP contribution in [-0.4, -0.2) is 22.9 Å². The maximum Gasteiger partial charge on any atom is 0.201 e. The van der Waals surface area contributed by atoms with E-state index in [2.05, 4.69) is 18.7 Å². The van der Waals surface area contributed by atoms with Crippen molar-refractivity contribution in [2.75, 3.05) is 0 Å². The molecule has 0 aromatic heterocycles. The second-order valence-electron chi connectivity index (χ2n) is 7.06. The fraction of sp³-hybridized carbons (Fsp3) is 1.00. The maximum absolute atomic E-state index is 9.18. The van der Waals surface area contributed by atoms with Crippen LogP contribution in [0.5, 0.6) is 0 Å². The minimum absolute atomic E-state index is 0.323. The molecule has 1 N–H and O–H groups in total. The molecule has 1 saturated carbocycles. The Labute approximate surface area is 125 Å². The van der Waals surface area contributed by atoms with Gasteiger partial charge in [-0.15, -0.1) is 0 Å². The molecule has 0 spiro atoms. The summed E-state index contributed by atoms with van der Waals surface area (Å²) in [5, 5.41) is 9.18.